The van der Waals surface area contributed by atoms with Gasteiger partial charge in [-0.2, -0.15) is 0 Å². The predicted molar refractivity (Wildman–Crippen MR) is 45.5 cm³/mol. The van der Waals surface area contributed by atoms with Gasteiger partial charge < -0.3 is 4.74 Å². The van der Waals surface area contributed by atoms with Gasteiger partial charge >= 0.3 is 5.97 Å². The molecular weight excluding hydrogens is 168 g/mol. The highest BCUT2D eigenvalue weighted by Gasteiger charge is 2.32. The fraction of sp³-hybridized carbons (Fsp3) is 0.200. The largest absolute Gasteiger partial charge is 0.420 e. The number of hydrogen-bond acceptors (Lipinski definition) is 3. The average Bonchev–Trinajstić information content (AvgIpc) is 2.15. The molecule has 3 nitrogen and oxygen atoms in total. The second kappa shape index (κ2) is 2.69. The van der Waals surface area contributed by atoms with Gasteiger partial charge in [0, 0.05) is 5.56 Å². The SMILES string of the molecule is CC1C(=O)C(=O)Oc2ccccc21. The number of para-hydroxylation sites is 1. The van der Waals surface area contributed by atoms with Crippen LogP contribution in [0.25, 0.3) is 0 Å². The minimum atomic E-state index is -0.758. The van der Waals surface area contributed by atoms with Crippen LogP contribution in [-0.4, -0.2) is 11.8 Å². The molecule has 0 spiro atoms. The Kier molecular flexibility index (Phi) is 1.65. The number of ketones is 1. The second-order valence-corrected chi connectivity index (χ2v) is 3.01. The molecule has 0 N–H and O–H groups in total. The summed E-state index contributed by atoms with van der Waals surface area (Å²) in [7, 11) is 0. The second-order valence-electron chi connectivity index (χ2n) is 3.01. The molecule has 1 unspecified atom stereocenters. The van der Waals surface area contributed by atoms with E-state index >= 15 is 0 Å². The molecule has 66 valence electrons. The summed E-state index contributed by atoms with van der Waals surface area (Å²) in [6.45, 7) is 1.71. The molecule has 1 heterocycles. The van der Waals surface area contributed by atoms with Crippen molar-refractivity contribution in [1.82, 2.24) is 0 Å². The molecule has 0 saturated heterocycles. The fourth-order valence-electron chi connectivity index (χ4n) is 1.40. The van der Waals surface area contributed by atoms with Crippen molar-refractivity contribution in [2.45, 2.75) is 12.8 Å². The van der Waals surface area contributed by atoms with E-state index in [1.807, 2.05) is 6.07 Å². The Labute approximate surface area is 75.3 Å². The van der Waals surface area contributed by atoms with Crippen molar-refractivity contribution in [1.29, 1.82) is 0 Å². The highest BCUT2D eigenvalue weighted by atomic mass is 16.5. The van der Waals surface area contributed by atoms with Crippen molar-refractivity contribution >= 4 is 11.8 Å². The Hall–Kier alpha value is -1.64. The summed E-state index contributed by atoms with van der Waals surface area (Å²) in [6.07, 6.45) is 0. The van der Waals surface area contributed by atoms with Crippen LogP contribution in [0.4, 0.5) is 0 Å². The molecule has 0 radical (unpaired) electrons. The zero-order valence-corrected chi connectivity index (χ0v) is 7.11. The Morgan fingerprint density at radius 2 is 1.92 bits per heavy atom. The first-order valence-corrected chi connectivity index (χ1v) is 4.05. The van der Waals surface area contributed by atoms with Gasteiger partial charge in [0.2, 0.25) is 5.78 Å². The van der Waals surface area contributed by atoms with Crippen molar-refractivity contribution < 1.29 is 14.3 Å². The molecule has 1 aliphatic rings. The van der Waals surface area contributed by atoms with Crippen LogP contribution in [0.2, 0.25) is 0 Å². The molecule has 0 aromatic heterocycles. The molecular formula is C10H8O3. The Balaban J connectivity index is 2.55. The van der Waals surface area contributed by atoms with Crippen molar-refractivity contribution in [2.75, 3.05) is 0 Å². The summed E-state index contributed by atoms with van der Waals surface area (Å²) in [5, 5.41) is 0. The molecule has 0 fully saturated rings. The lowest BCUT2D eigenvalue weighted by molar-refractivity contribution is -0.148. The van der Waals surface area contributed by atoms with Crippen molar-refractivity contribution in [3.05, 3.63) is 29.8 Å². The molecule has 0 aliphatic carbocycles. The summed E-state index contributed by atoms with van der Waals surface area (Å²) in [5.74, 6) is -1.11. The van der Waals surface area contributed by atoms with Gasteiger partial charge in [0.15, 0.2) is 0 Å². The van der Waals surface area contributed by atoms with Crippen LogP contribution in [0.15, 0.2) is 24.3 Å². The Bertz CT molecular complexity index is 382. The molecule has 0 amide bonds. The van der Waals surface area contributed by atoms with E-state index in [0.717, 1.165) is 5.56 Å². The molecule has 3 heteroatoms. The monoisotopic (exact) mass is 176 g/mol. The van der Waals surface area contributed by atoms with E-state index in [0.29, 0.717) is 5.75 Å². The quantitative estimate of drug-likeness (QED) is 0.339. The van der Waals surface area contributed by atoms with Crippen molar-refractivity contribution in [3.63, 3.8) is 0 Å². The molecule has 1 aromatic rings. The molecule has 2 rings (SSSR count). The maximum Gasteiger partial charge on any atom is 0.380 e. The summed E-state index contributed by atoms with van der Waals surface area (Å²) in [5.41, 5.74) is 0.784. The van der Waals surface area contributed by atoms with Gasteiger partial charge in [0.25, 0.3) is 0 Å². The van der Waals surface area contributed by atoms with Gasteiger partial charge in [-0.3, -0.25) is 4.79 Å². The number of rotatable bonds is 0. The zero-order valence-electron chi connectivity index (χ0n) is 7.11. The van der Waals surface area contributed by atoms with Gasteiger partial charge in [-0.25, -0.2) is 4.79 Å². The predicted octanol–water partition coefficient (Wildman–Crippen LogP) is 1.28. The summed E-state index contributed by atoms with van der Waals surface area (Å²) in [6, 6.07) is 7.08. The van der Waals surface area contributed by atoms with Crippen LogP contribution < -0.4 is 4.74 Å². The van der Waals surface area contributed by atoms with Gasteiger partial charge in [-0.1, -0.05) is 25.1 Å². The van der Waals surface area contributed by atoms with E-state index in [1.165, 1.54) is 0 Å². The Morgan fingerprint density at radius 1 is 1.23 bits per heavy atom. The van der Waals surface area contributed by atoms with Crippen LogP contribution in [0, 0.1) is 0 Å². The molecule has 0 saturated carbocycles. The first kappa shape index (κ1) is 7.98. The lowest BCUT2D eigenvalue weighted by atomic mass is 9.94. The lowest BCUT2D eigenvalue weighted by Crippen LogP contribution is -2.30. The summed E-state index contributed by atoms with van der Waals surface area (Å²) < 4.78 is 4.83. The highest BCUT2D eigenvalue weighted by molar-refractivity contribution is 6.37. The van der Waals surface area contributed by atoms with Crippen molar-refractivity contribution in [2.24, 2.45) is 0 Å². The molecule has 1 aromatic carbocycles. The normalized spacial score (nSPS) is 20.8. The minimum absolute atomic E-state index is 0.377. The third-order valence-corrected chi connectivity index (χ3v) is 2.18. The summed E-state index contributed by atoms with van der Waals surface area (Å²) >= 11 is 0. The number of esters is 1. The number of ether oxygens (including phenoxy) is 1. The molecule has 1 aliphatic heterocycles. The van der Waals surface area contributed by atoms with E-state index < -0.39 is 11.8 Å². The van der Waals surface area contributed by atoms with Crippen LogP contribution in [-0.2, 0) is 9.59 Å². The van der Waals surface area contributed by atoms with Crippen LogP contribution >= 0.6 is 0 Å². The molecule has 1 atom stereocenters. The number of benzene rings is 1. The van der Waals surface area contributed by atoms with E-state index in [4.69, 9.17) is 4.74 Å². The van der Waals surface area contributed by atoms with Crippen LogP contribution in [0.5, 0.6) is 5.75 Å². The van der Waals surface area contributed by atoms with Crippen molar-refractivity contribution in [3.8, 4) is 5.75 Å². The van der Waals surface area contributed by atoms with Gasteiger partial charge in [0.05, 0.1) is 5.92 Å². The third-order valence-electron chi connectivity index (χ3n) is 2.18. The van der Waals surface area contributed by atoms with E-state index in [2.05, 4.69) is 0 Å². The number of carbonyl (C=O) groups is 2. The third kappa shape index (κ3) is 1.13. The summed E-state index contributed by atoms with van der Waals surface area (Å²) in [4.78, 5) is 22.2. The van der Waals surface area contributed by atoms with Crippen LogP contribution in [0.3, 0.4) is 0 Å². The van der Waals surface area contributed by atoms with E-state index in [9.17, 15) is 9.59 Å². The number of hydrogen-bond donors (Lipinski definition) is 0. The first-order valence-electron chi connectivity index (χ1n) is 4.05. The maximum atomic E-state index is 11.2. The fourth-order valence-corrected chi connectivity index (χ4v) is 1.40. The van der Waals surface area contributed by atoms with Crippen LogP contribution in [0.1, 0.15) is 18.4 Å². The molecule has 0 bridgehead atoms. The minimum Gasteiger partial charge on any atom is -0.420 e. The maximum absolute atomic E-state index is 11.2. The highest BCUT2D eigenvalue weighted by Crippen LogP contribution is 2.31. The Morgan fingerprint density at radius 3 is 2.69 bits per heavy atom. The first-order chi connectivity index (χ1) is 6.20. The smallest absolute Gasteiger partial charge is 0.380 e. The van der Waals surface area contributed by atoms with Gasteiger partial charge in [-0.05, 0) is 6.07 Å². The molecule has 13 heavy (non-hydrogen) atoms. The standard InChI is InChI=1S/C10H8O3/c1-6-7-4-2-3-5-8(7)13-10(12)9(6)11/h2-6H,1H3. The van der Waals surface area contributed by atoms with Gasteiger partial charge in [-0.15, -0.1) is 0 Å². The number of Topliss-reactive ketones (excluding diaryl/α,β-unsaturated/α-hetero) is 1. The van der Waals surface area contributed by atoms with E-state index in [1.54, 1.807) is 25.1 Å². The zero-order chi connectivity index (χ0) is 9.42. The van der Waals surface area contributed by atoms with E-state index in [-0.39, 0.29) is 5.92 Å². The topological polar surface area (TPSA) is 43.4 Å². The number of fused-ring (bicyclic) bond motifs is 1. The van der Waals surface area contributed by atoms with Gasteiger partial charge in [0.1, 0.15) is 5.75 Å². The average molecular weight is 176 g/mol. The number of carbonyl (C=O) groups excluding carboxylic acids is 2. The lowest BCUT2D eigenvalue weighted by Gasteiger charge is -2.19.